The fourth-order valence-corrected chi connectivity index (χ4v) is 3.69. The van der Waals surface area contributed by atoms with Crippen molar-refractivity contribution >= 4 is 45.8 Å². The molecule has 0 saturated heterocycles. The largest absolute Gasteiger partial charge is 0.383 e. The van der Waals surface area contributed by atoms with Crippen LogP contribution in [0, 0.1) is 13.8 Å². The number of nitrogen functional groups attached to an aromatic ring is 1. The fraction of sp³-hybridized carbons (Fsp3) is 0.0769. The molecule has 3 N–H and O–H groups in total. The van der Waals surface area contributed by atoms with Gasteiger partial charge in [0.05, 0.1) is 17.2 Å². The summed E-state index contributed by atoms with van der Waals surface area (Å²) in [4.78, 5) is 22.7. The number of para-hydroxylation sites is 2. The Morgan fingerprint density at radius 2 is 1.67 bits per heavy atom. The van der Waals surface area contributed by atoms with Gasteiger partial charge >= 0.3 is 0 Å². The van der Waals surface area contributed by atoms with Crippen LogP contribution in [0.5, 0.6) is 0 Å². The first-order valence-electron chi connectivity index (χ1n) is 10.6. The highest BCUT2D eigenvalue weighted by atomic mass is 16.1. The number of benzene rings is 3. The monoisotopic (exact) mass is 434 g/mol. The number of carbonyl (C=O) groups excluding carboxylic acids is 1. The number of aryl methyl sites for hydroxylation is 2. The number of fused-ring (bicyclic) bond motifs is 2. The topological polar surface area (TPSA) is 98.2 Å². The molecule has 0 fully saturated rings. The molecule has 0 radical (unpaired) electrons. The number of nitrogens with one attached hydrogen (secondary N) is 1. The third kappa shape index (κ3) is 3.92. The maximum Gasteiger partial charge on any atom is 0.261 e. The Bertz CT molecular complexity index is 1530. The molecule has 2 aromatic heterocycles. The third-order valence-corrected chi connectivity index (χ3v) is 5.37. The number of rotatable bonds is 4. The molecule has 5 aromatic rings. The van der Waals surface area contributed by atoms with Crippen LogP contribution in [0.4, 0.5) is 11.5 Å². The first-order valence-corrected chi connectivity index (χ1v) is 10.6. The van der Waals surface area contributed by atoms with Gasteiger partial charge in [-0.3, -0.25) is 4.79 Å². The van der Waals surface area contributed by atoms with E-state index in [0.717, 1.165) is 16.7 Å². The molecular formula is C26H22N6O. The lowest BCUT2D eigenvalue weighted by molar-refractivity contribution is 0.102. The van der Waals surface area contributed by atoms with Gasteiger partial charge in [-0.1, -0.05) is 59.7 Å². The predicted octanol–water partition coefficient (Wildman–Crippen LogP) is 4.92. The minimum Gasteiger partial charge on any atom is -0.383 e. The van der Waals surface area contributed by atoms with Gasteiger partial charge in [0, 0.05) is 5.69 Å². The molecule has 5 rings (SSSR count). The van der Waals surface area contributed by atoms with Crippen LogP contribution in [0.2, 0.25) is 0 Å². The summed E-state index contributed by atoms with van der Waals surface area (Å²) in [5.74, 6) is -0.190. The van der Waals surface area contributed by atoms with Crippen molar-refractivity contribution in [3.63, 3.8) is 0 Å². The zero-order valence-electron chi connectivity index (χ0n) is 18.3. The van der Waals surface area contributed by atoms with Crippen molar-refractivity contribution in [3.05, 3.63) is 95.1 Å². The Morgan fingerprint density at radius 3 is 2.39 bits per heavy atom. The molecule has 2 heterocycles. The second-order valence-electron chi connectivity index (χ2n) is 7.94. The van der Waals surface area contributed by atoms with E-state index >= 15 is 0 Å². The lowest BCUT2D eigenvalue weighted by atomic mass is 10.2. The number of nitrogens with zero attached hydrogens (tertiary/aromatic N) is 4. The third-order valence-electron chi connectivity index (χ3n) is 5.37. The summed E-state index contributed by atoms with van der Waals surface area (Å²) in [6.07, 6.45) is 1.70. The van der Waals surface area contributed by atoms with E-state index < -0.39 is 0 Å². The van der Waals surface area contributed by atoms with Gasteiger partial charge in [0.25, 0.3) is 5.91 Å². The van der Waals surface area contributed by atoms with Crippen LogP contribution in [0.25, 0.3) is 22.2 Å². The highest BCUT2D eigenvalue weighted by Crippen LogP contribution is 2.28. The van der Waals surface area contributed by atoms with E-state index in [2.05, 4.69) is 10.4 Å². The van der Waals surface area contributed by atoms with Crippen LogP contribution >= 0.6 is 0 Å². The number of amides is 1. The Hall–Kier alpha value is -4.52. The molecule has 0 unspecified atom stereocenters. The second-order valence-corrected chi connectivity index (χ2v) is 7.94. The smallest absolute Gasteiger partial charge is 0.261 e. The molecule has 162 valence electrons. The summed E-state index contributed by atoms with van der Waals surface area (Å²) in [7, 11) is 0. The number of carbonyl (C=O) groups is 1. The van der Waals surface area contributed by atoms with Crippen molar-refractivity contribution in [2.75, 3.05) is 11.1 Å². The minimum atomic E-state index is -0.365. The van der Waals surface area contributed by atoms with Gasteiger partial charge in [-0.05, 0) is 43.7 Å². The molecule has 0 aliphatic heterocycles. The van der Waals surface area contributed by atoms with Crippen LogP contribution < -0.4 is 11.1 Å². The Balaban J connectivity index is 1.66. The lowest BCUT2D eigenvalue weighted by Crippen LogP contribution is -2.14. The van der Waals surface area contributed by atoms with Gasteiger partial charge in [-0.2, -0.15) is 9.78 Å². The van der Waals surface area contributed by atoms with Crippen molar-refractivity contribution in [3.8, 4) is 0 Å². The van der Waals surface area contributed by atoms with Crippen molar-refractivity contribution < 1.29 is 4.79 Å². The van der Waals surface area contributed by atoms with Gasteiger partial charge in [0.1, 0.15) is 16.9 Å². The molecule has 7 heteroatoms. The van der Waals surface area contributed by atoms with Crippen molar-refractivity contribution in [1.82, 2.24) is 14.6 Å². The summed E-state index contributed by atoms with van der Waals surface area (Å²) in [5.41, 5.74) is 12.7. The normalized spacial score (nSPS) is 11.5. The molecule has 0 aliphatic rings. The predicted molar refractivity (Wildman–Crippen MR) is 133 cm³/mol. The number of anilines is 2. The summed E-state index contributed by atoms with van der Waals surface area (Å²) >= 11 is 0. The first-order chi connectivity index (χ1) is 16.0. The minimum absolute atomic E-state index is 0.175. The van der Waals surface area contributed by atoms with E-state index in [0.29, 0.717) is 27.9 Å². The van der Waals surface area contributed by atoms with Gasteiger partial charge in [0.2, 0.25) is 0 Å². The van der Waals surface area contributed by atoms with E-state index in [1.54, 1.807) is 6.21 Å². The first kappa shape index (κ1) is 20.4. The Morgan fingerprint density at radius 1 is 0.939 bits per heavy atom. The fourth-order valence-electron chi connectivity index (χ4n) is 3.69. The summed E-state index contributed by atoms with van der Waals surface area (Å²) in [6.45, 7) is 4.01. The average Bonchev–Trinajstić information content (AvgIpc) is 3.08. The SMILES string of the molecule is Cc1ccc(NC(=O)c2c(N)n(N=Cc3cccc(C)c3)c3nc4ccccc4nc23)cc1. The maximum atomic E-state index is 13.3. The molecule has 0 bridgehead atoms. The van der Waals surface area contributed by atoms with Crippen molar-refractivity contribution in [1.29, 1.82) is 0 Å². The van der Waals surface area contributed by atoms with Crippen LogP contribution in [-0.4, -0.2) is 26.8 Å². The van der Waals surface area contributed by atoms with Crippen LogP contribution in [0.15, 0.2) is 77.9 Å². The van der Waals surface area contributed by atoms with Gasteiger partial charge in [-0.15, -0.1) is 0 Å². The second kappa shape index (κ2) is 8.20. The summed E-state index contributed by atoms with van der Waals surface area (Å²) < 4.78 is 1.47. The van der Waals surface area contributed by atoms with E-state index in [4.69, 9.17) is 15.7 Å². The Labute approximate surface area is 190 Å². The number of aromatic nitrogens is 3. The van der Waals surface area contributed by atoms with Gasteiger partial charge < -0.3 is 11.1 Å². The maximum absolute atomic E-state index is 13.3. The molecule has 0 spiro atoms. The zero-order chi connectivity index (χ0) is 22.9. The lowest BCUT2D eigenvalue weighted by Gasteiger charge is -2.06. The van der Waals surface area contributed by atoms with E-state index in [1.807, 2.05) is 86.6 Å². The highest BCUT2D eigenvalue weighted by molar-refractivity contribution is 6.16. The number of hydrogen-bond donors (Lipinski definition) is 2. The molecule has 0 saturated carbocycles. The molecule has 3 aromatic carbocycles. The summed E-state index contributed by atoms with van der Waals surface area (Å²) in [6, 6.07) is 23.0. The molecule has 0 atom stereocenters. The molecule has 1 amide bonds. The molecular weight excluding hydrogens is 412 g/mol. The van der Waals surface area contributed by atoms with Crippen LogP contribution in [-0.2, 0) is 0 Å². The molecule has 7 nitrogen and oxygen atoms in total. The van der Waals surface area contributed by atoms with Crippen molar-refractivity contribution in [2.24, 2.45) is 5.10 Å². The van der Waals surface area contributed by atoms with Crippen molar-refractivity contribution in [2.45, 2.75) is 13.8 Å². The zero-order valence-corrected chi connectivity index (χ0v) is 18.3. The number of hydrogen-bond acceptors (Lipinski definition) is 5. The Kier molecular flexibility index (Phi) is 5.06. The molecule has 33 heavy (non-hydrogen) atoms. The van der Waals surface area contributed by atoms with Gasteiger partial charge in [0.15, 0.2) is 5.65 Å². The van der Waals surface area contributed by atoms with Crippen LogP contribution in [0.3, 0.4) is 0 Å². The summed E-state index contributed by atoms with van der Waals surface area (Å²) in [5, 5.41) is 7.47. The van der Waals surface area contributed by atoms with E-state index in [1.165, 1.54) is 4.68 Å². The number of nitrogens with two attached hydrogens (primary N) is 1. The standard InChI is InChI=1S/C26H22N6O/c1-16-10-12-19(13-11-16)29-26(33)22-23-25(31-21-9-4-3-8-20(21)30-23)32(24(22)27)28-15-18-7-5-6-17(2)14-18/h3-15H,27H2,1-2H3,(H,29,33). The average molecular weight is 435 g/mol. The molecule has 0 aliphatic carbocycles. The van der Waals surface area contributed by atoms with Crippen LogP contribution in [0.1, 0.15) is 27.0 Å². The highest BCUT2D eigenvalue weighted by Gasteiger charge is 2.24. The van der Waals surface area contributed by atoms with E-state index in [-0.39, 0.29) is 17.3 Å². The quantitative estimate of drug-likeness (QED) is 0.392. The van der Waals surface area contributed by atoms with E-state index in [9.17, 15) is 4.79 Å². The van der Waals surface area contributed by atoms with Gasteiger partial charge in [-0.25, -0.2) is 9.97 Å².